The minimum atomic E-state index is -0.297. The Labute approximate surface area is 157 Å². The van der Waals surface area contributed by atoms with E-state index in [4.69, 9.17) is 9.47 Å². The largest absolute Gasteiger partial charge is 0.377 e. The zero-order valence-corrected chi connectivity index (χ0v) is 15.2. The smallest absolute Gasteiger partial charge is 0.226 e. The third-order valence-electron chi connectivity index (χ3n) is 4.98. The molecule has 4 rings (SSSR count). The molecule has 2 unspecified atom stereocenters. The highest BCUT2D eigenvalue weighted by atomic mass is 16.5. The van der Waals surface area contributed by atoms with Gasteiger partial charge >= 0.3 is 0 Å². The molecule has 2 saturated heterocycles. The lowest BCUT2D eigenvalue weighted by molar-refractivity contribution is -0.145. The summed E-state index contributed by atoms with van der Waals surface area (Å²) in [5, 5.41) is 14.1. The molecule has 27 heavy (non-hydrogen) atoms. The molecule has 2 aromatic rings. The number of benzene rings is 1. The average Bonchev–Trinajstić information content (AvgIpc) is 3.24. The van der Waals surface area contributed by atoms with Gasteiger partial charge in [-0.2, -0.15) is 5.21 Å². The number of tetrazole rings is 1. The Kier molecular flexibility index (Phi) is 5.71. The number of nitrogens with zero attached hydrogens (tertiary/aromatic N) is 5. The van der Waals surface area contributed by atoms with Gasteiger partial charge in [-0.3, -0.25) is 9.69 Å². The number of rotatable bonds is 5. The SMILES string of the molecule is O=C(CC1CN(Cc2ccccc2)CCO1)N1CCOCC1c1nn[nH]n1. The normalized spacial score (nSPS) is 24.1. The standard InChI is InChI=1S/C18H24N6O3/c25-17(24-7-8-26-13-16(24)18-19-21-22-20-18)10-15-12-23(6-9-27-15)11-14-4-2-1-3-5-14/h1-5,15-16H,6-13H2,(H,19,20,21,22). The van der Waals surface area contributed by atoms with Crippen LogP contribution in [0.25, 0.3) is 0 Å². The van der Waals surface area contributed by atoms with E-state index in [-0.39, 0.29) is 18.1 Å². The molecule has 2 fully saturated rings. The number of H-pyrrole nitrogens is 1. The number of morpholine rings is 2. The summed E-state index contributed by atoms with van der Waals surface area (Å²) < 4.78 is 11.4. The molecule has 1 amide bonds. The number of ether oxygens (including phenoxy) is 2. The average molecular weight is 372 g/mol. The Morgan fingerprint density at radius 1 is 1.22 bits per heavy atom. The van der Waals surface area contributed by atoms with Crippen molar-refractivity contribution in [3.63, 3.8) is 0 Å². The molecule has 0 spiro atoms. The number of nitrogens with one attached hydrogen (secondary N) is 1. The highest BCUT2D eigenvalue weighted by Gasteiger charge is 2.33. The van der Waals surface area contributed by atoms with Crippen LogP contribution in [0, 0.1) is 0 Å². The first-order valence-electron chi connectivity index (χ1n) is 9.28. The van der Waals surface area contributed by atoms with Crippen LogP contribution >= 0.6 is 0 Å². The zero-order chi connectivity index (χ0) is 18.5. The van der Waals surface area contributed by atoms with Crippen molar-refractivity contribution in [2.45, 2.75) is 25.1 Å². The summed E-state index contributed by atoms with van der Waals surface area (Å²) in [6.45, 7) is 4.57. The predicted molar refractivity (Wildman–Crippen MR) is 95.5 cm³/mol. The second kappa shape index (κ2) is 8.55. The van der Waals surface area contributed by atoms with Crippen LogP contribution in [0.4, 0.5) is 0 Å². The van der Waals surface area contributed by atoms with Crippen LogP contribution < -0.4 is 0 Å². The van der Waals surface area contributed by atoms with Crippen molar-refractivity contribution >= 4 is 5.91 Å². The summed E-state index contributed by atoms with van der Waals surface area (Å²) in [7, 11) is 0. The van der Waals surface area contributed by atoms with Crippen molar-refractivity contribution in [1.82, 2.24) is 30.4 Å². The molecule has 9 heteroatoms. The van der Waals surface area contributed by atoms with E-state index >= 15 is 0 Å². The van der Waals surface area contributed by atoms with E-state index in [9.17, 15) is 4.79 Å². The van der Waals surface area contributed by atoms with Gasteiger partial charge < -0.3 is 14.4 Å². The van der Waals surface area contributed by atoms with Gasteiger partial charge in [0.25, 0.3) is 0 Å². The second-order valence-corrected chi connectivity index (χ2v) is 6.87. The van der Waals surface area contributed by atoms with Crippen molar-refractivity contribution in [3.8, 4) is 0 Å². The van der Waals surface area contributed by atoms with Gasteiger partial charge in [-0.05, 0) is 5.56 Å². The molecule has 2 atom stereocenters. The van der Waals surface area contributed by atoms with Crippen molar-refractivity contribution < 1.29 is 14.3 Å². The van der Waals surface area contributed by atoms with Gasteiger partial charge in [0.2, 0.25) is 5.91 Å². The highest BCUT2D eigenvalue weighted by molar-refractivity contribution is 5.77. The van der Waals surface area contributed by atoms with E-state index in [1.54, 1.807) is 4.90 Å². The van der Waals surface area contributed by atoms with E-state index in [0.29, 0.717) is 38.6 Å². The Morgan fingerprint density at radius 3 is 2.93 bits per heavy atom. The minimum absolute atomic E-state index is 0.0414. The van der Waals surface area contributed by atoms with Gasteiger partial charge in [-0.25, -0.2) is 0 Å². The number of carbonyl (C=O) groups excluding carboxylic acids is 1. The molecule has 3 heterocycles. The fourth-order valence-electron chi connectivity index (χ4n) is 3.63. The molecule has 2 aliphatic heterocycles. The maximum absolute atomic E-state index is 12.9. The van der Waals surface area contributed by atoms with E-state index in [0.717, 1.165) is 19.6 Å². The molecule has 1 aromatic carbocycles. The van der Waals surface area contributed by atoms with Crippen LogP contribution in [0.5, 0.6) is 0 Å². The molecule has 1 N–H and O–H groups in total. The molecule has 1 aromatic heterocycles. The van der Waals surface area contributed by atoms with Crippen LogP contribution in [-0.2, 0) is 20.8 Å². The molecular formula is C18H24N6O3. The molecular weight excluding hydrogens is 348 g/mol. The third-order valence-corrected chi connectivity index (χ3v) is 4.98. The quantitative estimate of drug-likeness (QED) is 0.811. The zero-order valence-electron chi connectivity index (χ0n) is 15.2. The van der Waals surface area contributed by atoms with Crippen LogP contribution in [0.15, 0.2) is 30.3 Å². The first-order chi connectivity index (χ1) is 13.3. The topological polar surface area (TPSA) is 96.5 Å². The van der Waals surface area contributed by atoms with Crippen LogP contribution in [0.3, 0.4) is 0 Å². The summed E-state index contributed by atoms with van der Waals surface area (Å²) in [4.78, 5) is 17.0. The van der Waals surface area contributed by atoms with Gasteiger partial charge in [0.15, 0.2) is 5.82 Å². The maximum atomic E-state index is 12.9. The molecule has 0 bridgehead atoms. The number of amides is 1. The summed E-state index contributed by atoms with van der Waals surface area (Å²) in [5.74, 6) is 0.526. The lowest BCUT2D eigenvalue weighted by Gasteiger charge is -2.36. The number of carbonyl (C=O) groups is 1. The first-order valence-corrected chi connectivity index (χ1v) is 9.28. The molecule has 0 saturated carbocycles. The Morgan fingerprint density at radius 2 is 2.11 bits per heavy atom. The van der Waals surface area contributed by atoms with Crippen molar-refractivity contribution in [2.75, 3.05) is 39.5 Å². The summed E-state index contributed by atoms with van der Waals surface area (Å²) in [6.07, 6.45) is 0.239. The van der Waals surface area contributed by atoms with Gasteiger partial charge in [-0.15, -0.1) is 10.2 Å². The summed E-state index contributed by atoms with van der Waals surface area (Å²) in [6, 6.07) is 10.1. The Hall–Kier alpha value is -2.36. The second-order valence-electron chi connectivity index (χ2n) is 6.87. The maximum Gasteiger partial charge on any atom is 0.226 e. The third kappa shape index (κ3) is 4.49. The molecule has 9 nitrogen and oxygen atoms in total. The lowest BCUT2D eigenvalue weighted by atomic mass is 10.1. The van der Waals surface area contributed by atoms with E-state index in [1.807, 2.05) is 18.2 Å². The Balaban J connectivity index is 1.35. The lowest BCUT2D eigenvalue weighted by Crippen LogP contribution is -2.48. The molecule has 144 valence electrons. The summed E-state index contributed by atoms with van der Waals surface area (Å²) >= 11 is 0. The van der Waals surface area contributed by atoms with Crippen molar-refractivity contribution in [1.29, 1.82) is 0 Å². The number of aromatic nitrogens is 4. The van der Waals surface area contributed by atoms with Gasteiger partial charge in [-0.1, -0.05) is 35.5 Å². The van der Waals surface area contributed by atoms with Crippen LogP contribution in [0.2, 0.25) is 0 Å². The molecule has 0 aliphatic carbocycles. The Bertz CT molecular complexity index is 726. The van der Waals surface area contributed by atoms with Crippen molar-refractivity contribution in [3.05, 3.63) is 41.7 Å². The molecule has 0 radical (unpaired) electrons. The van der Waals surface area contributed by atoms with Crippen molar-refractivity contribution in [2.24, 2.45) is 0 Å². The number of hydrogen-bond acceptors (Lipinski definition) is 7. The fraction of sp³-hybridized carbons (Fsp3) is 0.556. The van der Waals surface area contributed by atoms with E-state index < -0.39 is 0 Å². The van der Waals surface area contributed by atoms with Gasteiger partial charge in [0.05, 0.1) is 32.3 Å². The monoisotopic (exact) mass is 372 g/mol. The van der Waals surface area contributed by atoms with Gasteiger partial charge in [0.1, 0.15) is 6.04 Å². The highest BCUT2D eigenvalue weighted by Crippen LogP contribution is 2.23. The van der Waals surface area contributed by atoms with Crippen LogP contribution in [0.1, 0.15) is 23.9 Å². The summed E-state index contributed by atoms with van der Waals surface area (Å²) in [5.41, 5.74) is 1.27. The minimum Gasteiger partial charge on any atom is -0.377 e. The number of aromatic amines is 1. The molecule has 2 aliphatic rings. The predicted octanol–water partition coefficient (Wildman–Crippen LogP) is 0.391. The number of hydrogen-bond donors (Lipinski definition) is 1. The van der Waals surface area contributed by atoms with E-state index in [1.165, 1.54) is 5.56 Å². The van der Waals surface area contributed by atoms with E-state index in [2.05, 4.69) is 37.7 Å². The first kappa shape index (κ1) is 18.0. The fourth-order valence-corrected chi connectivity index (χ4v) is 3.63. The van der Waals surface area contributed by atoms with Gasteiger partial charge in [0, 0.05) is 26.2 Å². The van der Waals surface area contributed by atoms with Crippen LogP contribution in [-0.4, -0.2) is 81.9 Å².